The van der Waals surface area contributed by atoms with Crippen molar-refractivity contribution >= 4 is 33.7 Å². The van der Waals surface area contributed by atoms with Crippen LogP contribution in [0.4, 0.5) is 5.13 Å². The van der Waals surface area contributed by atoms with Crippen molar-refractivity contribution in [3.63, 3.8) is 0 Å². The van der Waals surface area contributed by atoms with E-state index in [2.05, 4.69) is 29.1 Å². The molecular formula is C17H17N3O2S2. The Morgan fingerprint density at radius 3 is 2.79 bits per heavy atom. The fourth-order valence-corrected chi connectivity index (χ4v) is 3.51. The molecule has 24 heavy (non-hydrogen) atoms. The van der Waals surface area contributed by atoms with Crippen molar-refractivity contribution in [1.82, 2.24) is 9.97 Å². The van der Waals surface area contributed by atoms with Gasteiger partial charge in [-0.3, -0.25) is 10.1 Å². The molecule has 2 aromatic heterocycles. The van der Waals surface area contributed by atoms with Crippen LogP contribution in [-0.4, -0.2) is 15.9 Å². The van der Waals surface area contributed by atoms with Gasteiger partial charge < -0.3 is 4.74 Å². The van der Waals surface area contributed by atoms with E-state index in [1.165, 1.54) is 33.8 Å². The Bertz CT molecular complexity index is 857. The van der Waals surface area contributed by atoms with Crippen LogP contribution in [0.3, 0.4) is 0 Å². The normalized spacial score (nSPS) is 10.6. The maximum Gasteiger partial charge on any atom is 0.269 e. The van der Waals surface area contributed by atoms with Crippen LogP contribution >= 0.6 is 22.7 Å². The van der Waals surface area contributed by atoms with Crippen LogP contribution in [-0.2, 0) is 6.61 Å². The molecule has 0 unspecified atom stereocenters. The van der Waals surface area contributed by atoms with Crippen molar-refractivity contribution in [1.29, 1.82) is 0 Å². The summed E-state index contributed by atoms with van der Waals surface area (Å²) < 4.78 is 5.79. The largest absolute Gasteiger partial charge is 0.486 e. The lowest BCUT2D eigenvalue weighted by molar-refractivity contribution is 0.103. The first kappa shape index (κ1) is 16.6. The van der Waals surface area contributed by atoms with Crippen molar-refractivity contribution in [2.75, 3.05) is 5.32 Å². The molecule has 5 nitrogen and oxygen atoms in total. The minimum Gasteiger partial charge on any atom is -0.486 e. The Morgan fingerprint density at radius 1 is 1.25 bits per heavy atom. The molecule has 0 aliphatic carbocycles. The Balaban J connectivity index is 1.67. The summed E-state index contributed by atoms with van der Waals surface area (Å²) in [5, 5.41) is 5.95. The van der Waals surface area contributed by atoms with E-state index in [0.717, 1.165) is 10.8 Å². The maximum absolute atomic E-state index is 12.3. The van der Waals surface area contributed by atoms with E-state index in [1.807, 2.05) is 30.5 Å². The third-order valence-electron chi connectivity index (χ3n) is 3.54. The quantitative estimate of drug-likeness (QED) is 0.735. The second-order valence-electron chi connectivity index (χ2n) is 5.35. The molecule has 3 aromatic rings. The molecule has 124 valence electrons. The van der Waals surface area contributed by atoms with E-state index in [9.17, 15) is 4.79 Å². The van der Waals surface area contributed by atoms with Crippen LogP contribution < -0.4 is 10.1 Å². The van der Waals surface area contributed by atoms with Crippen molar-refractivity contribution in [3.05, 3.63) is 56.5 Å². The Kier molecular flexibility index (Phi) is 4.92. The van der Waals surface area contributed by atoms with Crippen LogP contribution in [0.5, 0.6) is 5.75 Å². The molecule has 7 heteroatoms. The van der Waals surface area contributed by atoms with Crippen molar-refractivity contribution in [2.45, 2.75) is 27.4 Å². The molecule has 0 bridgehead atoms. The summed E-state index contributed by atoms with van der Waals surface area (Å²) in [7, 11) is 0. The third-order valence-corrected chi connectivity index (χ3v) is 5.36. The number of hydrogen-bond donors (Lipinski definition) is 1. The molecule has 1 aromatic carbocycles. The van der Waals surface area contributed by atoms with E-state index in [0.29, 0.717) is 22.3 Å². The third kappa shape index (κ3) is 3.80. The Morgan fingerprint density at radius 2 is 2.08 bits per heavy atom. The summed E-state index contributed by atoms with van der Waals surface area (Å²) in [4.78, 5) is 21.4. The summed E-state index contributed by atoms with van der Waals surface area (Å²) in [6, 6.07) is 5.98. The molecule has 0 aliphatic heterocycles. The highest BCUT2D eigenvalue weighted by Gasteiger charge is 2.16. The molecule has 3 rings (SSSR count). The highest BCUT2D eigenvalue weighted by atomic mass is 32.1. The van der Waals surface area contributed by atoms with E-state index in [4.69, 9.17) is 4.74 Å². The van der Waals surface area contributed by atoms with Crippen molar-refractivity contribution < 1.29 is 9.53 Å². The van der Waals surface area contributed by atoms with Crippen LogP contribution in [0, 0.1) is 20.8 Å². The Labute approximate surface area is 148 Å². The first-order valence-electron chi connectivity index (χ1n) is 7.40. The lowest BCUT2D eigenvalue weighted by Crippen LogP contribution is -2.11. The number of ether oxygens (including phenoxy) is 1. The predicted octanol–water partition coefficient (Wildman–Crippen LogP) is 4.36. The molecule has 1 N–H and O–H groups in total. The monoisotopic (exact) mass is 359 g/mol. The van der Waals surface area contributed by atoms with E-state index >= 15 is 0 Å². The fourth-order valence-electron chi connectivity index (χ4n) is 2.11. The summed E-state index contributed by atoms with van der Waals surface area (Å²) in [6.45, 7) is 6.29. The van der Waals surface area contributed by atoms with Gasteiger partial charge in [-0.05, 0) is 44.0 Å². The van der Waals surface area contributed by atoms with Crippen molar-refractivity contribution in [3.8, 4) is 5.75 Å². The molecule has 0 fully saturated rings. The molecule has 0 saturated heterocycles. The molecule has 0 radical (unpaired) electrons. The van der Waals surface area contributed by atoms with Gasteiger partial charge in [0.1, 0.15) is 22.2 Å². The van der Waals surface area contributed by atoms with Gasteiger partial charge in [-0.2, -0.15) is 0 Å². The number of nitrogens with zero attached hydrogens (tertiary/aromatic N) is 2. The van der Waals surface area contributed by atoms with Gasteiger partial charge in [-0.1, -0.05) is 6.07 Å². The highest BCUT2D eigenvalue weighted by Crippen LogP contribution is 2.23. The molecular weight excluding hydrogens is 342 g/mol. The SMILES string of the molecule is Cc1ccc(OCc2nc(C)c(C(=O)Nc3nccs3)s2)cc1C. The zero-order valence-corrected chi connectivity index (χ0v) is 15.3. The van der Waals surface area contributed by atoms with Crippen molar-refractivity contribution in [2.24, 2.45) is 0 Å². The molecule has 0 saturated carbocycles. The molecule has 0 atom stereocenters. The number of aromatic nitrogens is 2. The lowest BCUT2D eigenvalue weighted by atomic mass is 10.1. The van der Waals surface area contributed by atoms with E-state index in [1.54, 1.807) is 6.20 Å². The second-order valence-corrected chi connectivity index (χ2v) is 7.33. The average molecular weight is 359 g/mol. The predicted molar refractivity (Wildman–Crippen MR) is 97.2 cm³/mol. The number of thiazole rings is 2. The number of benzene rings is 1. The number of carbonyl (C=O) groups is 1. The summed E-state index contributed by atoms with van der Waals surface area (Å²) in [5.74, 6) is 0.622. The first-order valence-corrected chi connectivity index (χ1v) is 9.10. The number of rotatable bonds is 5. The van der Waals surface area contributed by atoms with Crippen LogP contribution in [0.1, 0.15) is 31.5 Å². The van der Waals surface area contributed by atoms with Gasteiger partial charge in [-0.25, -0.2) is 9.97 Å². The Hall–Kier alpha value is -2.25. The molecule has 1 amide bonds. The standard InChI is InChI=1S/C17H17N3O2S2/c1-10-4-5-13(8-11(10)2)22-9-14-19-12(3)15(24-14)16(21)20-17-18-6-7-23-17/h4-8H,9H2,1-3H3,(H,18,20,21). The number of hydrogen-bond acceptors (Lipinski definition) is 6. The summed E-state index contributed by atoms with van der Waals surface area (Å²) >= 11 is 2.73. The number of anilines is 1. The van der Waals surface area contributed by atoms with Gasteiger partial charge in [0, 0.05) is 11.6 Å². The maximum atomic E-state index is 12.3. The molecule has 0 spiro atoms. The van der Waals surface area contributed by atoms with Gasteiger partial charge in [0.15, 0.2) is 5.13 Å². The van der Waals surface area contributed by atoms with Gasteiger partial charge >= 0.3 is 0 Å². The number of aryl methyl sites for hydroxylation is 3. The highest BCUT2D eigenvalue weighted by molar-refractivity contribution is 7.15. The zero-order valence-electron chi connectivity index (χ0n) is 13.6. The smallest absolute Gasteiger partial charge is 0.269 e. The number of amides is 1. The number of nitrogens with one attached hydrogen (secondary N) is 1. The summed E-state index contributed by atoms with van der Waals surface area (Å²) in [5.41, 5.74) is 3.12. The van der Waals surface area contributed by atoms with Gasteiger partial charge in [0.25, 0.3) is 5.91 Å². The fraction of sp³-hybridized carbons (Fsp3) is 0.235. The minimum absolute atomic E-state index is 0.183. The second kappa shape index (κ2) is 7.11. The average Bonchev–Trinajstić information content (AvgIpc) is 3.18. The van der Waals surface area contributed by atoms with Gasteiger partial charge in [0.05, 0.1) is 5.69 Å². The summed E-state index contributed by atoms with van der Waals surface area (Å²) in [6.07, 6.45) is 1.66. The topological polar surface area (TPSA) is 64.1 Å². The minimum atomic E-state index is -0.183. The van der Waals surface area contributed by atoms with Crippen LogP contribution in [0.15, 0.2) is 29.8 Å². The zero-order chi connectivity index (χ0) is 17.1. The molecule has 2 heterocycles. The first-order chi connectivity index (χ1) is 11.5. The lowest BCUT2D eigenvalue weighted by Gasteiger charge is -2.06. The van der Waals surface area contributed by atoms with E-state index < -0.39 is 0 Å². The van der Waals surface area contributed by atoms with Crippen LogP contribution in [0.25, 0.3) is 0 Å². The molecule has 0 aliphatic rings. The van der Waals surface area contributed by atoms with Gasteiger partial charge in [-0.15, -0.1) is 22.7 Å². The van der Waals surface area contributed by atoms with E-state index in [-0.39, 0.29) is 5.91 Å². The van der Waals surface area contributed by atoms with Crippen LogP contribution in [0.2, 0.25) is 0 Å². The number of carbonyl (C=O) groups excluding carboxylic acids is 1. The van der Waals surface area contributed by atoms with Gasteiger partial charge in [0.2, 0.25) is 0 Å².